The van der Waals surface area contributed by atoms with Crippen LogP contribution in [0, 0.1) is 0 Å². The summed E-state index contributed by atoms with van der Waals surface area (Å²) in [4.78, 5) is 9.24. The van der Waals surface area contributed by atoms with Gasteiger partial charge in [-0.05, 0) is 24.8 Å². The molecule has 2 aromatic rings. The molecule has 16 heavy (non-hydrogen) atoms. The number of ether oxygens (including phenoxy) is 1. The van der Waals surface area contributed by atoms with Crippen molar-refractivity contribution in [2.24, 2.45) is 5.73 Å². The summed E-state index contributed by atoms with van der Waals surface area (Å²) in [5.74, 6) is 0.622. The second kappa shape index (κ2) is 4.35. The summed E-state index contributed by atoms with van der Waals surface area (Å²) < 4.78 is 5.66. The third-order valence-electron chi connectivity index (χ3n) is 2.57. The number of fused-ring (bicyclic) bond motifs is 1. The molecule has 0 aliphatic carbocycles. The first kappa shape index (κ1) is 11.3. The first-order valence-corrected chi connectivity index (χ1v) is 6.10. The van der Waals surface area contributed by atoms with Gasteiger partial charge in [-0.15, -0.1) is 11.3 Å². The van der Waals surface area contributed by atoms with Crippen molar-refractivity contribution < 1.29 is 4.74 Å². The molecule has 0 saturated carbocycles. The molecule has 4 nitrogen and oxygen atoms in total. The molecule has 1 atom stereocenters. The van der Waals surface area contributed by atoms with Crippen LogP contribution >= 0.6 is 11.3 Å². The molecule has 5 heteroatoms. The van der Waals surface area contributed by atoms with Gasteiger partial charge in [0.1, 0.15) is 17.8 Å². The van der Waals surface area contributed by atoms with Crippen molar-refractivity contribution in [2.75, 3.05) is 6.61 Å². The lowest BCUT2D eigenvalue weighted by Crippen LogP contribution is -2.41. The zero-order chi connectivity index (χ0) is 11.6. The highest BCUT2D eigenvalue weighted by molar-refractivity contribution is 7.16. The Kier molecular flexibility index (Phi) is 3.07. The van der Waals surface area contributed by atoms with Crippen LogP contribution < -0.4 is 10.5 Å². The Balaban J connectivity index is 2.18. The molecule has 2 N–H and O–H groups in total. The zero-order valence-corrected chi connectivity index (χ0v) is 10.3. The first-order chi connectivity index (χ1) is 7.62. The molecule has 0 aliphatic rings. The quantitative estimate of drug-likeness (QED) is 0.885. The maximum atomic E-state index is 6.02. The number of nitrogens with zero attached hydrogens (tertiary/aromatic N) is 2. The van der Waals surface area contributed by atoms with E-state index in [4.69, 9.17) is 10.5 Å². The molecule has 2 heterocycles. The van der Waals surface area contributed by atoms with Gasteiger partial charge in [-0.3, -0.25) is 0 Å². The van der Waals surface area contributed by atoms with Crippen LogP contribution in [0.25, 0.3) is 10.2 Å². The average molecular weight is 237 g/mol. The molecular weight excluding hydrogens is 222 g/mol. The molecule has 0 amide bonds. The standard InChI is InChI=1S/C11H15N3OS/c1-3-11(2,12)6-15-9-8-4-5-16-10(8)14-7-13-9/h4-5,7H,3,6,12H2,1-2H3. The number of hydrogen-bond donors (Lipinski definition) is 1. The van der Waals surface area contributed by atoms with Crippen molar-refractivity contribution in [1.82, 2.24) is 9.97 Å². The monoisotopic (exact) mass is 237 g/mol. The van der Waals surface area contributed by atoms with E-state index >= 15 is 0 Å². The van der Waals surface area contributed by atoms with E-state index in [9.17, 15) is 0 Å². The van der Waals surface area contributed by atoms with Gasteiger partial charge in [0.05, 0.1) is 5.39 Å². The van der Waals surface area contributed by atoms with Gasteiger partial charge in [0.25, 0.3) is 0 Å². The fraction of sp³-hybridized carbons (Fsp3) is 0.455. The SMILES string of the molecule is CCC(C)(N)COc1ncnc2sccc12. The molecular formula is C11H15N3OS. The highest BCUT2D eigenvalue weighted by Gasteiger charge is 2.17. The minimum Gasteiger partial charge on any atom is -0.475 e. The van der Waals surface area contributed by atoms with Crippen LogP contribution in [0.3, 0.4) is 0 Å². The van der Waals surface area contributed by atoms with E-state index in [1.165, 1.54) is 6.33 Å². The van der Waals surface area contributed by atoms with Crippen molar-refractivity contribution in [3.8, 4) is 5.88 Å². The molecule has 0 saturated heterocycles. The normalized spacial score (nSPS) is 14.9. The van der Waals surface area contributed by atoms with E-state index in [1.54, 1.807) is 11.3 Å². The summed E-state index contributed by atoms with van der Waals surface area (Å²) in [6.45, 7) is 4.48. The third-order valence-corrected chi connectivity index (χ3v) is 3.39. The Morgan fingerprint density at radius 3 is 3.06 bits per heavy atom. The van der Waals surface area contributed by atoms with E-state index in [0.717, 1.165) is 16.6 Å². The van der Waals surface area contributed by atoms with E-state index in [0.29, 0.717) is 12.5 Å². The molecule has 0 spiro atoms. The van der Waals surface area contributed by atoms with Crippen molar-refractivity contribution in [3.05, 3.63) is 17.8 Å². The Morgan fingerprint density at radius 1 is 1.50 bits per heavy atom. The molecule has 2 aromatic heterocycles. The van der Waals surface area contributed by atoms with E-state index in [2.05, 4.69) is 9.97 Å². The summed E-state index contributed by atoms with van der Waals surface area (Å²) >= 11 is 1.58. The summed E-state index contributed by atoms with van der Waals surface area (Å²) in [6, 6.07) is 1.97. The molecule has 2 rings (SSSR count). The second-order valence-corrected chi connectivity index (χ2v) is 5.01. The number of aromatic nitrogens is 2. The average Bonchev–Trinajstić information content (AvgIpc) is 2.75. The van der Waals surface area contributed by atoms with Gasteiger partial charge >= 0.3 is 0 Å². The van der Waals surface area contributed by atoms with Crippen LogP contribution in [0.2, 0.25) is 0 Å². The molecule has 0 aromatic carbocycles. The molecule has 1 unspecified atom stereocenters. The van der Waals surface area contributed by atoms with Crippen LogP contribution in [0.15, 0.2) is 17.8 Å². The summed E-state index contributed by atoms with van der Waals surface area (Å²) in [5.41, 5.74) is 5.71. The van der Waals surface area contributed by atoms with Crippen LogP contribution in [0.4, 0.5) is 0 Å². The predicted molar refractivity (Wildman–Crippen MR) is 65.8 cm³/mol. The van der Waals surface area contributed by atoms with Gasteiger partial charge in [0.15, 0.2) is 0 Å². The maximum Gasteiger partial charge on any atom is 0.225 e. The first-order valence-electron chi connectivity index (χ1n) is 5.22. The minimum atomic E-state index is -0.312. The van der Waals surface area contributed by atoms with E-state index < -0.39 is 0 Å². The second-order valence-electron chi connectivity index (χ2n) is 4.11. The lowest BCUT2D eigenvalue weighted by molar-refractivity contribution is 0.221. The Bertz CT molecular complexity index is 481. The number of nitrogens with two attached hydrogens (primary N) is 1. The third kappa shape index (κ3) is 2.31. The zero-order valence-electron chi connectivity index (χ0n) is 9.43. The topological polar surface area (TPSA) is 61.0 Å². The van der Waals surface area contributed by atoms with Crippen molar-refractivity contribution >= 4 is 21.6 Å². The van der Waals surface area contributed by atoms with Crippen LogP contribution in [0.5, 0.6) is 5.88 Å². The van der Waals surface area contributed by atoms with Crippen LogP contribution in [0.1, 0.15) is 20.3 Å². The van der Waals surface area contributed by atoms with Gasteiger partial charge < -0.3 is 10.5 Å². The molecule has 0 fully saturated rings. The number of thiophene rings is 1. The highest BCUT2D eigenvalue weighted by atomic mass is 32.1. The lowest BCUT2D eigenvalue weighted by Gasteiger charge is -2.22. The maximum absolute atomic E-state index is 6.02. The number of rotatable bonds is 4. The highest BCUT2D eigenvalue weighted by Crippen LogP contribution is 2.25. The van der Waals surface area contributed by atoms with Crippen LogP contribution in [-0.2, 0) is 0 Å². The fourth-order valence-corrected chi connectivity index (χ4v) is 1.94. The van der Waals surface area contributed by atoms with E-state index in [1.807, 2.05) is 25.3 Å². The van der Waals surface area contributed by atoms with Crippen molar-refractivity contribution in [2.45, 2.75) is 25.8 Å². The number of hydrogen-bond acceptors (Lipinski definition) is 5. The van der Waals surface area contributed by atoms with Crippen molar-refractivity contribution in [1.29, 1.82) is 0 Å². The Morgan fingerprint density at radius 2 is 2.31 bits per heavy atom. The van der Waals surface area contributed by atoms with E-state index in [-0.39, 0.29) is 5.54 Å². The van der Waals surface area contributed by atoms with Gasteiger partial charge in [-0.2, -0.15) is 0 Å². The summed E-state index contributed by atoms with van der Waals surface area (Å²) in [6.07, 6.45) is 2.39. The lowest BCUT2D eigenvalue weighted by atomic mass is 10.0. The molecule has 86 valence electrons. The van der Waals surface area contributed by atoms with Gasteiger partial charge in [0.2, 0.25) is 5.88 Å². The van der Waals surface area contributed by atoms with Gasteiger partial charge in [-0.25, -0.2) is 9.97 Å². The molecule has 0 radical (unpaired) electrons. The summed E-state index contributed by atoms with van der Waals surface area (Å²) in [7, 11) is 0. The van der Waals surface area contributed by atoms with Crippen molar-refractivity contribution in [3.63, 3.8) is 0 Å². The Hall–Kier alpha value is -1.20. The van der Waals surface area contributed by atoms with Gasteiger partial charge in [-0.1, -0.05) is 6.92 Å². The Labute approximate surface area is 98.5 Å². The van der Waals surface area contributed by atoms with Crippen LogP contribution in [-0.4, -0.2) is 22.1 Å². The predicted octanol–water partition coefficient (Wildman–Crippen LogP) is 2.20. The largest absolute Gasteiger partial charge is 0.475 e. The van der Waals surface area contributed by atoms with Gasteiger partial charge in [0, 0.05) is 5.54 Å². The molecule has 0 bridgehead atoms. The molecule has 0 aliphatic heterocycles. The smallest absolute Gasteiger partial charge is 0.225 e. The minimum absolute atomic E-state index is 0.312. The fourth-order valence-electron chi connectivity index (χ4n) is 1.22. The summed E-state index contributed by atoms with van der Waals surface area (Å²) in [5, 5.41) is 2.94.